The molecule has 0 radical (unpaired) electrons. The van der Waals surface area contributed by atoms with Gasteiger partial charge >= 0.3 is 0 Å². The van der Waals surface area contributed by atoms with E-state index in [2.05, 4.69) is 11.7 Å². The molecule has 0 atom stereocenters. The lowest BCUT2D eigenvalue weighted by molar-refractivity contribution is -0.128. The number of phenolic OH excluding ortho intramolecular Hbond substituents is 1. The number of carbonyl (C=O) groups is 1. The molecule has 0 amide bonds. The second-order valence-electron chi connectivity index (χ2n) is 3.35. The molecule has 0 heterocycles. The number of aryl methyl sites for hydroxylation is 1. The molecule has 3 nitrogen and oxygen atoms in total. The van der Waals surface area contributed by atoms with Gasteiger partial charge in [-0.2, -0.15) is 0 Å². The molecule has 90 valence electrons. The molecule has 0 spiro atoms. The van der Waals surface area contributed by atoms with Crippen LogP contribution in [0, 0.1) is 0 Å². The van der Waals surface area contributed by atoms with Crippen LogP contribution in [-0.2, 0) is 16.0 Å². The molecule has 0 saturated heterocycles. The highest BCUT2D eigenvalue weighted by Crippen LogP contribution is 2.16. The van der Waals surface area contributed by atoms with E-state index in [0.717, 1.165) is 24.8 Å². The third-order valence-corrected chi connectivity index (χ3v) is 1.90. The Hall–Kier alpha value is -1.51. The van der Waals surface area contributed by atoms with Gasteiger partial charge in [0.1, 0.15) is 5.75 Å². The van der Waals surface area contributed by atoms with Crippen LogP contribution >= 0.6 is 0 Å². The van der Waals surface area contributed by atoms with Crippen molar-refractivity contribution >= 4 is 6.47 Å². The minimum absolute atomic E-state index is 0.421. The van der Waals surface area contributed by atoms with Gasteiger partial charge in [0.25, 0.3) is 6.47 Å². The monoisotopic (exact) mass is 224 g/mol. The van der Waals surface area contributed by atoms with Crippen LogP contribution in [0.25, 0.3) is 0 Å². The van der Waals surface area contributed by atoms with Gasteiger partial charge in [0.2, 0.25) is 0 Å². The first kappa shape index (κ1) is 14.5. The minimum atomic E-state index is 0.421. The van der Waals surface area contributed by atoms with Crippen molar-refractivity contribution in [3.8, 4) is 5.75 Å². The maximum absolute atomic E-state index is 9.34. The van der Waals surface area contributed by atoms with Crippen molar-refractivity contribution in [3.05, 3.63) is 29.8 Å². The van der Waals surface area contributed by atoms with Crippen LogP contribution in [0.2, 0.25) is 0 Å². The van der Waals surface area contributed by atoms with Crippen molar-refractivity contribution < 1.29 is 14.6 Å². The Balaban J connectivity index is 0.000000325. The lowest BCUT2D eigenvalue weighted by Crippen LogP contribution is -1.86. The van der Waals surface area contributed by atoms with Crippen LogP contribution in [-0.4, -0.2) is 18.2 Å². The fourth-order valence-corrected chi connectivity index (χ4v) is 1.16. The summed E-state index contributed by atoms with van der Waals surface area (Å²) in [6, 6.07) is 7.48. The van der Waals surface area contributed by atoms with Crippen LogP contribution in [0.1, 0.15) is 32.3 Å². The fraction of sp³-hybridized carbons (Fsp3) is 0.462. The van der Waals surface area contributed by atoms with Gasteiger partial charge in [-0.3, -0.25) is 4.79 Å². The van der Waals surface area contributed by atoms with Gasteiger partial charge < -0.3 is 9.84 Å². The Morgan fingerprint density at radius 1 is 1.25 bits per heavy atom. The van der Waals surface area contributed by atoms with E-state index in [0.29, 0.717) is 18.8 Å². The Morgan fingerprint density at radius 3 is 2.38 bits per heavy atom. The number of para-hydroxylation sites is 1. The summed E-state index contributed by atoms with van der Waals surface area (Å²) in [6.45, 7) is 5.06. The van der Waals surface area contributed by atoms with Crippen LogP contribution < -0.4 is 0 Å². The van der Waals surface area contributed by atoms with E-state index in [9.17, 15) is 9.90 Å². The number of carbonyl (C=O) groups excluding carboxylic acids is 1. The Morgan fingerprint density at radius 2 is 1.94 bits per heavy atom. The summed E-state index contributed by atoms with van der Waals surface area (Å²) in [5.74, 6) is 0.421. The van der Waals surface area contributed by atoms with E-state index in [4.69, 9.17) is 0 Å². The summed E-state index contributed by atoms with van der Waals surface area (Å²) in [6.07, 6.45) is 2.95. The Labute approximate surface area is 97.1 Å². The summed E-state index contributed by atoms with van der Waals surface area (Å²) in [4.78, 5) is 9.34. The average molecular weight is 224 g/mol. The fourth-order valence-electron chi connectivity index (χ4n) is 1.16. The molecule has 0 saturated carbocycles. The lowest BCUT2D eigenvalue weighted by atomic mass is 10.1. The normalized spacial score (nSPS) is 8.88. The lowest BCUT2D eigenvalue weighted by Gasteiger charge is -1.99. The number of hydrogen-bond donors (Lipinski definition) is 1. The molecule has 1 aromatic carbocycles. The highest BCUT2D eigenvalue weighted by molar-refractivity contribution is 5.36. The first-order valence-corrected chi connectivity index (χ1v) is 5.58. The van der Waals surface area contributed by atoms with Gasteiger partial charge in [0, 0.05) is 0 Å². The number of benzene rings is 1. The summed E-state index contributed by atoms with van der Waals surface area (Å²) in [5.41, 5.74) is 1.05. The van der Waals surface area contributed by atoms with Crippen molar-refractivity contribution in [3.63, 3.8) is 0 Å². The summed E-state index contributed by atoms with van der Waals surface area (Å²) in [5, 5.41) is 9.24. The van der Waals surface area contributed by atoms with Gasteiger partial charge in [-0.15, -0.1) is 0 Å². The molecule has 0 aromatic heterocycles. The average Bonchev–Trinajstić information content (AvgIpc) is 2.31. The van der Waals surface area contributed by atoms with Crippen molar-refractivity contribution in [2.45, 2.75) is 33.1 Å². The molecule has 1 N–H and O–H groups in total. The molecule has 0 aliphatic heterocycles. The number of phenols is 1. The van der Waals surface area contributed by atoms with Crippen molar-refractivity contribution in [1.82, 2.24) is 0 Å². The second-order valence-corrected chi connectivity index (χ2v) is 3.35. The second kappa shape index (κ2) is 10.0. The van der Waals surface area contributed by atoms with Crippen LogP contribution in [0.3, 0.4) is 0 Å². The molecule has 0 fully saturated rings. The highest BCUT2D eigenvalue weighted by Gasteiger charge is 1.95. The van der Waals surface area contributed by atoms with Crippen LogP contribution in [0.4, 0.5) is 0 Å². The molecule has 16 heavy (non-hydrogen) atoms. The van der Waals surface area contributed by atoms with E-state index < -0.39 is 0 Å². The zero-order valence-electron chi connectivity index (χ0n) is 9.98. The molecular weight excluding hydrogens is 204 g/mol. The van der Waals surface area contributed by atoms with E-state index in [1.807, 2.05) is 25.1 Å². The third kappa shape index (κ3) is 6.87. The summed E-state index contributed by atoms with van der Waals surface area (Å²) in [7, 11) is 0. The predicted octanol–water partition coefficient (Wildman–Crippen LogP) is 2.91. The van der Waals surface area contributed by atoms with E-state index in [1.165, 1.54) is 0 Å². The highest BCUT2D eigenvalue weighted by atomic mass is 16.5. The standard InChI is InChI=1S/C9H12O.C4H8O2/c1-2-5-8-6-3-4-7-9(8)10;1-2-3-6-4-5/h3-4,6-7,10H,2,5H2,1H3;4H,2-3H2,1H3. The molecule has 0 aliphatic rings. The summed E-state index contributed by atoms with van der Waals surface area (Å²) < 4.78 is 4.30. The van der Waals surface area contributed by atoms with E-state index >= 15 is 0 Å². The molecule has 0 aliphatic carbocycles. The van der Waals surface area contributed by atoms with Crippen LogP contribution in [0.5, 0.6) is 5.75 Å². The van der Waals surface area contributed by atoms with Gasteiger partial charge in [-0.1, -0.05) is 38.5 Å². The Kier molecular flexibility index (Phi) is 9.08. The molecule has 3 heteroatoms. The van der Waals surface area contributed by atoms with Crippen molar-refractivity contribution in [2.75, 3.05) is 6.61 Å². The molecule has 1 aromatic rings. The Bertz CT molecular complexity index is 284. The zero-order chi connectivity index (χ0) is 12.2. The van der Waals surface area contributed by atoms with Gasteiger partial charge in [0.05, 0.1) is 6.61 Å². The zero-order valence-corrected chi connectivity index (χ0v) is 9.98. The molecule has 0 bridgehead atoms. The maximum atomic E-state index is 9.34. The topological polar surface area (TPSA) is 46.5 Å². The maximum Gasteiger partial charge on any atom is 0.293 e. The number of aromatic hydroxyl groups is 1. The van der Waals surface area contributed by atoms with Gasteiger partial charge in [-0.05, 0) is 24.5 Å². The van der Waals surface area contributed by atoms with Gasteiger partial charge in [-0.25, -0.2) is 0 Å². The van der Waals surface area contributed by atoms with E-state index in [-0.39, 0.29) is 0 Å². The van der Waals surface area contributed by atoms with Crippen LogP contribution in [0.15, 0.2) is 24.3 Å². The molecule has 1 rings (SSSR count). The van der Waals surface area contributed by atoms with E-state index in [1.54, 1.807) is 6.07 Å². The molecule has 0 unspecified atom stereocenters. The first-order valence-electron chi connectivity index (χ1n) is 5.58. The van der Waals surface area contributed by atoms with Crippen molar-refractivity contribution in [1.29, 1.82) is 0 Å². The largest absolute Gasteiger partial charge is 0.508 e. The number of ether oxygens (including phenoxy) is 1. The first-order chi connectivity index (χ1) is 7.76. The number of rotatable bonds is 5. The molecular formula is C13H20O3. The summed E-state index contributed by atoms with van der Waals surface area (Å²) >= 11 is 0. The quantitative estimate of drug-likeness (QED) is 0.618. The minimum Gasteiger partial charge on any atom is -0.508 e. The smallest absolute Gasteiger partial charge is 0.293 e. The SMILES string of the molecule is CCCOC=O.CCCc1ccccc1O. The number of hydrogen-bond acceptors (Lipinski definition) is 3. The third-order valence-electron chi connectivity index (χ3n) is 1.90. The van der Waals surface area contributed by atoms with Crippen molar-refractivity contribution in [2.24, 2.45) is 0 Å². The predicted molar refractivity (Wildman–Crippen MR) is 64.4 cm³/mol. The van der Waals surface area contributed by atoms with Gasteiger partial charge in [0.15, 0.2) is 0 Å².